The number of para-hydroxylation sites is 3. The maximum Gasteiger partial charge on any atom is 0.161 e. The predicted octanol–water partition coefficient (Wildman–Crippen LogP) is 2.87. The number of ether oxygens (including phenoxy) is 4. The van der Waals surface area contributed by atoms with E-state index in [-0.39, 0.29) is 11.6 Å². The fourth-order valence-corrected chi connectivity index (χ4v) is 1.83. The van der Waals surface area contributed by atoms with Crippen LogP contribution in [0.2, 0.25) is 0 Å². The molecule has 2 aromatic rings. The van der Waals surface area contributed by atoms with Crippen molar-refractivity contribution in [1.29, 1.82) is 0 Å². The van der Waals surface area contributed by atoms with Crippen molar-refractivity contribution in [3.63, 3.8) is 0 Å². The van der Waals surface area contributed by atoms with Gasteiger partial charge in [-0.2, -0.15) is 0 Å². The third kappa shape index (κ3) is 12.2. The average Bonchev–Trinajstić information content (AvgIpc) is 3.73. The molecule has 2 unspecified atom stereocenters. The monoisotopic (exact) mass is 553 g/mol. The molecule has 0 radical (unpaired) electrons. The molecule has 2 atom stereocenters. The predicted molar refractivity (Wildman–Crippen MR) is 147 cm³/mol. The molecule has 3 saturated heterocycles. The quantitative estimate of drug-likeness (QED) is 0.410. The summed E-state index contributed by atoms with van der Waals surface area (Å²) in [6, 6.07) is -6.81. The van der Waals surface area contributed by atoms with Crippen molar-refractivity contribution in [1.82, 2.24) is 15.5 Å². The smallest absolute Gasteiger partial charge is 0.161 e. The summed E-state index contributed by atoms with van der Waals surface area (Å²) in [4.78, 5) is -0.877. The van der Waals surface area contributed by atoms with E-state index >= 15 is 0 Å². The van der Waals surface area contributed by atoms with Crippen LogP contribution in [0.1, 0.15) is 75.4 Å². The van der Waals surface area contributed by atoms with Crippen molar-refractivity contribution < 1.29 is 74.8 Å². The molecule has 0 aliphatic carbocycles. The Morgan fingerprint density at radius 2 is 1.76 bits per heavy atom. The molecule has 3 aliphatic rings. The SMILES string of the molecule is [2H]C1([2H])CC([2H])([2H])C([2H])([2H])NC1([2H])[2H].[2H]c1c([2H])c([2H])c(OC([2H])([2H])C([2H])(O)C([2H])([2H])N2C([2H])([2H])C([2H])([2H])NC([2H])([2H])C2([2H])[2H])c(OC([2H])([2H])[2H])c1[2H].[2H]c1c([2H])c([2H])c(OC([2H])([2H])C2([2H])OC2([2H])[2H])c(C)c1[2H]. The topological polar surface area (TPSA) is 87.8 Å². The highest BCUT2D eigenvalue weighted by Crippen LogP contribution is 2.25. The first kappa shape index (κ1) is 7.23. The normalized spacial score (nSPS) is 51.0. The van der Waals surface area contributed by atoms with Crippen LogP contribution < -0.4 is 24.8 Å². The van der Waals surface area contributed by atoms with Crippen molar-refractivity contribution in [2.24, 2.45) is 0 Å². The van der Waals surface area contributed by atoms with Crippen LogP contribution in [0.3, 0.4) is 0 Å². The molecule has 0 aromatic heterocycles. The van der Waals surface area contributed by atoms with E-state index in [1.807, 2.05) is 0 Å². The highest BCUT2D eigenvalue weighted by molar-refractivity contribution is 5.39. The number of piperidine rings is 1. The molecule has 2 aromatic carbocycles. The van der Waals surface area contributed by atoms with Gasteiger partial charge in [0.05, 0.1) is 39.6 Å². The standard InChI is InChI=1S/C14H22N2O3.C10H12O2.C5H11N/c1-18-13-4-2-3-5-14(13)19-11-12(17)10-16-8-6-15-7-9-16;1-8-4-2-3-5-10(8)12-7-9-6-11-9;1-2-4-6-5-3-1/h2-5,12,15,17H,6-11H2,1H3;2-5,9H,6-7H2,1H3;6H,1-5H2/i1D3,2D,3D,4D,5D,6D2,7D2,8D2,9D2,10D2,11D2,12D;2D,3D,4D,5D,6D2,7D2,9D;2D2,3D2,4D2,5D2. The molecule has 3 aliphatic heterocycles. The molecule has 0 saturated carbocycles. The van der Waals surface area contributed by atoms with Crippen molar-refractivity contribution in [3.05, 3.63) is 53.9 Å². The number of nitrogens with one attached hydrogen (secondary N) is 2. The van der Waals surface area contributed by atoms with E-state index in [0.717, 1.165) is 0 Å². The maximum atomic E-state index is 10.8. The van der Waals surface area contributed by atoms with Gasteiger partial charge < -0.3 is 34.7 Å². The molecule has 37 heavy (non-hydrogen) atoms. The minimum absolute atomic E-state index is 0.0327. The number of β-amino-alcohol motifs (C(OH)–C–C–N with tert-alkyl or cyclic N) is 1. The molecule has 3 heterocycles. The third-order valence-corrected chi connectivity index (χ3v) is 3.41. The summed E-state index contributed by atoms with van der Waals surface area (Å²) in [5, 5.41) is 13.9. The van der Waals surface area contributed by atoms with Gasteiger partial charge in [-0.25, -0.2) is 0 Å². The summed E-state index contributed by atoms with van der Waals surface area (Å²) < 4.78 is 301. The maximum absolute atomic E-state index is 10.8. The Bertz CT molecular complexity index is 2370. The Labute approximate surface area is 274 Å². The molecule has 5 rings (SSSR count). The lowest BCUT2D eigenvalue weighted by Crippen LogP contribution is -2.47. The number of hydrogen-bond donors (Lipinski definition) is 3. The van der Waals surface area contributed by atoms with Gasteiger partial charge in [-0.15, -0.1) is 0 Å². The zero-order valence-electron chi connectivity index (χ0n) is 55.7. The van der Waals surface area contributed by atoms with Crippen LogP contribution in [0.5, 0.6) is 17.2 Å². The molecule has 0 bridgehead atoms. The number of hydrogen-bond acceptors (Lipinski definition) is 8. The highest BCUT2D eigenvalue weighted by atomic mass is 16.6. The van der Waals surface area contributed by atoms with Gasteiger partial charge in [0.15, 0.2) is 11.5 Å². The first-order valence-electron chi connectivity index (χ1n) is 28.2. The van der Waals surface area contributed by atoms with Crippen LogP contribution in [0.25, 0.3) is 0 Å². The molecular weight excluding hydrogens is 470 g/mol. The van der Waals surface area contributed by atoms with E-state index in [0.29, 0.717) is 0 Å². The Morgan fingerprint density at radius 1 is 1.11 bits per heavy atom. The Kier molecular flexibility index (Phi) is 3.36. The van der Waals surface area contributed by atoms with Gasteiger partial charge in [0.25, 0.3) is 0 Å². The fraction of sp³-hybridized carbons (Fsp3) is 0.586. The number of benzene rings is 2. The summed E-state index contributed by atoms with van der Waals surface area (Å²) in [6.07, 6.45) is -12.8. The lowest BCUT2D eigenvalue weighted by atomic mass is 10.2. The minimum atomic E-state index is -4.57. The van der Waals surface area contributed by atoms with E-state index in [9.17, 15) is 5.11 Å². The number of methoxy groups -OCH3 is 1. The first-order valence-corrected chi connectivity index (χ1v) is 9.73. The van der Waals surface area contributed by atoms with Crippen LogP contribution in [-0.2, 0) is 4.74 Å². The number of aliphatic hydroxyl groups is 1. The highest BCUT2D eigenvalue weighted by Gasteiger charge is 2.23. The number of rotatable bonds is 9. The summed E-state index contributed by atoms with van der Waals surface area (Å²) >= 11 is 0. The van der Waals surface area contributed by atoms with Crippen LogP contribution in [0.4, 0.5) is 0 Å². The molecule has 8 nitrogen and oxygen atoms in total. The van der Waals surface area contributed by atoms with Crippen LogP contribution in [0.15, 0.2) is 48.3 Å². The zero-order chi connectivity index (χ0) is 59.0. The number of nitrogens with zero attached hydrogens (tertiary/aromatic N) is 1. The third-order valence-electron chi connectivity index (χ3n) is 3.41. The van der Waals surface area contributed by atoms with Gasteiger partial charge in [0.2, 0.25) is 0 Å². The second-order valence-electron chi connectivity index (χ2n) is 5.96. The summed E-state index contributed by atoms with van der Waals surface area (Å²) in [5.41, 5.74) is -0.0327. The number of epoxide rings is 1. The van der Waals surface area contributed by atoms with E-state index in [4.69, 9.17) is 60.2 Å². The molecule has 206 valence electrons. The van der Waals surface area contributed by atoms with E-state index in [1.165, 1.54) is 12.2 Å². The van der Waals surface area contributed by atoms with Crippen LogP contribution in [-0.4, -0.2) is 94.4 Å². The Balaban J connectivity index is 0.000000340. The van der Waals surface area contributed by atoms with Crippen LogP contribution in [0, 0.1) is 6.92 Å². The molecular formula is C29H45N3O5. The Hall–Kier alpha value is -2.36. The minimum Gasteiger partial charge on any atom is -0.493 e. The van der Waals surface area contributed by atoms with Gasteiger partial charge in [-0.3, -0.25) is 4.90 Å². The van der Waals surface area contributed by atoms with Crippen LogP contribution >= 0.6 is 0 Å². The van der Waals surface area contributed by atoms with Gasteiger partial charge in [-0.05, 0) is 56.4 Å². The lowest BCUT2D eigenvalue weighted by molar-refractivity contribution is 0.0632. The van der Waals surface area contributed by atoms with E-state index in [1.54, 1.807) is 5.32 Å². The largest absolute Gasteiger partial charge is 0.493 e. The van der Waals surface area contributed by atoms with Gasteiger partial charge in [0.1, 0.15) is 31.0 Å². The second-order valence-corrected chi connectivity index (χ2v) is 5.96. The van der Waals surface area contributed by atoms with Gasteiger partial charge in [-0.1, -0.05) is 36.6 Å². The second kappa shape index (κ2) is 17.2. The zero-order valence-corrected chi connectivity index (χ0v) is 18.7. The van der Waals surface area contributed by atoms with Crippen molar-refractivity contribution in [2.45, 2.75) is 38.3 Å². The molecule has 0 amide bonds. The van der Waals surface area contributed by atoms with Gasteiger partial charge in [0, 0.05) is 57.2 Å². The molecule has 0 spiro atoms. The van der Waals surface area contributed by atoms with Crippen molar-refractivity contribution >= 4 is 0 Å². The summed E-state index contributed by atoms with van der Waals surface area (Å²) in [6.45, 7) is -33.1. The van der Waals surface area contributed by atoms with Crippen molar-refractivity contribution in [3.8, 4) is 17.2 Å². The Morgan fingerprint density at radius 3 is 2.43 bits per heavy atom. The van der Waals surface area contributed by atoms with E-state index < -0.39 is 168 Å². The summed E-state index contributed by atoms with van der Waals surface area (Å²) in [5.74, 6) is -3.29. The van der Waals surface area contributed by atoms with E-state index in [2.05, 4.69) is 9.47 Å². The molecule has 3 N–H and O–H groups in total. The first-order chi connectivity index (χ1) is 32.2. The van der Waals surface area contributed by atoms with Crippen molar-refractivity contribution in [2.75, 3.05) is 72.2 Å². The fourth-order valence-electron chi connectivity index (χ4n) is 1.83. The average molecular weight is 553 g/mol. The lowest BCUT2D eigenvalue weighted by Gasteiger charge is -2.29. The molecule has 8 heteroatoms. The van der Waals surface area contributed by atoms with Gasteiger partial charge >= 0.3 is 0 Å². The molecule has 3 fully saturated rings. The number of piperazine rings is 1. The summed E-state index contributed by atoms with van der Waals surface area (Å²) in [7, 11) is -3.42.